The zero-order valence-electron chi connectivity index (χ0n) is 10.6. The van der Waals surface area contributed by atoms with Crippen LogP contribution < -0.4 is 14.4 Å². The van der Waals surface area contributed by atoms with Crippen LogP contribution in [-0.2, 0) is 0 Å². The summed E-state index contributed by atoms with van der Waals surface area (Å²) in [5.74, 6) is 1.62. The van der Waals surface area contributed by atoms with Crippen molar-refractivity contribution >= 4 is 21.9 Å². The lowest BCUT2D eigenvalue weighted by Gasteiger charge is -2.18. The number of hydrogen-bond donors (Lipinski definition) is 0. The number of rotatable bonds is 6. The molecule has 0 aliphatic heterocycles. The summed E-state index contributed by atoms with van der Waals surface area (Å²) in [5.41, 5.74) is 0. The molecule has 0 aliphatic carbocycles. The third-order valence-electron chi connectivity index (χ3n) is 2.29. The van der Waals surface area contributed by atoms with E-state index >= 15 is 0 Å². The number of halogens is 1. The second-order valence-corrected chi connectivity index (χ2v) is 5.31. The van der Waals surface area contributed by atoms with Crippen LogP contribution in [0.4, 0.5) is 5.95 Å². The molecule has 0 N–H and O–H groups in total. The van der Waals surface area contributed by atoms with Crippen molar-refractivity contribution < 1.29 is 9.47 Å². The van der Waals surface area contributed by atoms with E-state index in [1.54, 1.807) is 20.3 Å². The van der Waals surface area contributed by atoms with Gasteiger partial charge in [0.15, 0.2) is 0 Å². The summed E-state index contributed by atoms with van der Waals surface area (Å²) in [4.78, 5) is 11.0. The third kappa shape index (κ3) is 4.38. The van der Waals surface area contributed by atoms with E-state index in [0.717, 1.165) is 13.0 Å². The van der Waals surface area contributed by atoms with E-state index in [2.05, 4.69) is 32.8 Å². The maximum absolute atomic E-state index is 5.11. The molecule has 1 rings (SSSR count). The Bertz CT molecular complexity index is 338. The summed E-state index contributed by atoms with van der Waals surface area (Å²) >= 11 is 3.51. The van der Waals surface area contributed by atoms with Gasteiger partial charge in [-0.3, -0.25) is 0 Å². The van der Waals surface area contributed by atoms with Crippen molar-refractivity contribution in [3.8, 4) is 11.8 Å². The van der Waals surface area contributed by atoms with E-state index in [0.29, 0.717) is 22.5 Å². The van der Waals surface area contributed by atoms with Crippen molar-refractivity contribution in [2.75, 3.05) is 32.7 Å². The molecule has 0 radical (unpaired) electrons. The molecule has 0 saturated heterocycles. The fraction of sp³-hybridized carbons (Fsp3) is 0.636. The van der Waals surface area contributed by atoms with Gasteiger partial charge in [-0.05, 0) is 6.42 Å². The van der Waals surface area contributed by atoms with Gasteiger partial charge < -0.3 is 14.4 Å². The number of alkyl halides is 1. The van der Waals surface area contributed by atoms with E-state index in [-0.39, 0.29) is 0 Å². The summed E-state index contributed by atoms with van der Waals surface area (Å²) in [6, 6.07) is 1.66. The zero-order chi connectivity index (χ0) is 12.8. The van der Waals surface area contributed by atoms with Crippen LogP contribution >= 0.6 is 15.9 Å². The predicted molar refractivity (Wildman–Crippen MR) is 71.4 cm³/mol. The van der Waals surface area contributed by atoms with E-state index in [4.69, 9.17) is 9.47 Å². The molecule has 6 heteroatoms. The molecule has 96 valence electrons. The number of ether oxygens (including phenoxy) is 2. The molecule has 1 heterocycles. The van der Waals surface area contributed by atoms with E-state index in [1.807, 2.05) is 11.9 Å². The van der Waals surface area contributed by atoms with E-state index in [1.165, 1.54) is 0 Å². The molecule has 0 bridgehead atoms. The molecule has 0 amide bonds. The first-order chi connectivity index (χ1) is 8.06. The monoisotopic (exact) mass is 303 g/mol. The van der Waals surface area contributed by atoms with Crippen molar-refractivity contribution in [3.05, 3.63) is 6.07 Å². The van der Waals surface area contributed by atoms with Gasteiger partial charge in [0.25, 0.3) is 0 Å². The number of nitrogens with zero attached hydrogens (tertiary/aromatic N) is 3. The molecule has 5 nitrogen and oxygen atoms in total. The number of methoxy groups -OCH3 is 2. The fourth-order valence-corrected chi connectivity index (χ4v) is 1.45. The number of anilines is 1. The highest BCUT2D eigenvalue weighted by molar-refractivity contribution is 9.09. The molecule has 1 unspecified atom stereocenters. The van der Waals surface area contributed by atoms with Crippen LogP contribution in [0.15, 0.2) is 6.07 Å². The normalized spacial score (nSPS) is 12.1. The van der Waals surface area contributed by atoms with Crippen LogP contribution in [-0.4, -0.2) is 42.6 Å². The lowest BCUT2D eigenvalue weighted by atomic mass is 10.3. The Morgan fingerprint density at radius 2 is 1.82 bits per heavy atom. The Hall–Kier alpha value is -1.04. The maximum Gasteiger partial charge on any atom is 0.231 e. The average molecular weight is 304 g/mol. The topological polar surface area (TPSA) is 47.5 Å². The Morgan fingerprint density at radius 1 is 1.29 bits per heavy atom. The van der Waals surface area contributed by atoms with Crippen LogP contribution in [0.1, 0.15) is 13.3 Å². The van der Waals surface area contributed by atoms with E-state index in [9.17, 15) is 0 Å². The molecule has 1 aromatic heterocycles. The standard InChI is InChI=1S/C11H18BrN3O2/c1-8(12)5-6-15(2)11-13-9(16-3)7-10(14-11)17-4/h7-8H,5-6H2,1-4H3. The molecule has 17 heavy (non-hydrogen) atoms. The quantitative estimate of drug-likeness (QED) is 0.753. The molecule has 0 spiro atoms. The van der Waals surface area contributed by atoms with Crippen LogP contribution in [0.5, 0.6) is 11.8 Å². The second kappa shape index (κ2) is 6.64. The van der Waals surface area contributed by atoms with Crippen LogP contribution in [0, 0.1) is 0 Å². The van der Waals surface area contributed by atoms with Gasteiger partial charge >= 0.3 is 0 Å². The lowest BCUT2D eigenvalue weighted by molar-refractivity contribution is 0.372. The SMILES string of the molecule is COc1cc(OC)nc(N(C)CCC(C)Br)n1. The Balaban J connectivity index is 2.80. The molecule has 0 fully saturated rings. The fourth-order valence-electron chi connectivity index (χ4n) is 1.24. The minimum absolute atomic E-state index is 0.470. The largest absolute Gasteiger partial charge is 0.481 e. The first-order valence-electron chi connectivity index (χ1n) is 5.39. The molecule has 0 saturated carbocycles. The Kier molecular flexibility index (Phi) is 5.47. The highest BCUT2D eigenvalue weighted by Gasteiger charge is 2.10. The molecule has 1 atom stereocenters. The molecular formula is C11H18BrN3O2. The second-order valence-electron chi connectivity index (χ2n) is 3.74. The van der Waals surface area contributed by atoms with Gasteiger partial charge in [-0.25, -0.2) is 0 Å². The van der Waals surface area contributed by atoms with E-state index < -0.39 is 0 Å². The van der Waals surface area contributed by atoms with Gasteiger partial charge in [0.05, 0.1) is 20.3 Å². The van der Waals surface area contributed by atoms with Crippen molar-refractivity contribution in [1.29, 1.82) is 0 Å². The highest BCUT2D eigenvalue weighted by atomic mass is 79.9. The van der Waals surface area contributed by atoms with Crippen LogP contribution in [0.3, 0.4) is 0 Å². The first-order valence-corrected chi connectivity index (χ1v) is 6.30. The van der Waals surface area contributed by atoms with Gasteiger partial charge in [-0.15, -0.1) is 0 Å². The molecule has 1 aromatic rings. The minimum atomic E-state index is 0.470. The van der Waals surface area contributed by atoms with Crippen molar-refractivity contribution in [1.82, 2.24) is 9.97 Å². The van der Waals surface area contributed by atoms with Gasteiger partial charge in [-0.1, -0.05) is 22.9 Å². The summed E-state index contributed by atoms with van der Waals surface area (Å²) < 4.78 is 10.2. The van der Waals surface area contributed by atoms with Gasteiger partial charge in [0.1, 0.15) is 0 Å². The minimum Gasteiger partial charge on any atom is -0.481 e. The summed E-state index contributed by atoms with van der Waals surface area (Å²) in [6.45, 7) is 2.98. The Morgan fingerprint density at radius 3 is 2.24 bits per heavy atom. The van der Waals surface area contributed by atoms with Crippen LogP contribution in [0.25, 0.3) is 0 Å². The predicted octanol–water partition coefficient (Wildman–Crippen LogP) is 2.10. The smallest absolute Gasteiger partial charge is 0.231 e. The first kappa shape index (κ1) is 14.0. The summed E-state index contributed by atoms with van der Waals surface area (Å²) in [7, 11) is 5.10. The Labute approximate surface area is 110 Å². The number of hydrogen-bond acceptors (Lipinski definition) is 5. The summed E-state index contributed by atoms with van der Waals surface area (Å²) in [6.07, 6.45) is 1.01. The molecule has 0 aliphatic rings. The lowest BCUT2D eigenvalue weighted by Crippen LogP contribution is -2.22. The van der Waals surface area contributed by atoms with Crippen molar-refractivity contribution in [3.63, 3.8) is 0 Å². The van der Waals surface area contributed by atoms with Gasteiger partial charge in [-0.2, -0.15) is 9.97 Å². The van der Waals surface area contributed by atoms with Gasteiger partial charge in [0, 0.05) is 18.4 Å². The summed E-state index contributed by atoms with van der Waals surface area (Å²) in [5, 5.41) is 0. The average Bonchev–Trinajstić information content (AvgIpc) is 2.34. The van der Waals surface area contributed by atoms with Crippen LogP contribution in [0.2, 0.25) is 0 Å². The number of aromatic nitrogens is 2. The van der Waals surface area contributed by atoms with Crippen molar-refractivity contribution in [2.45, 2.75) is 18.2 Å². The maximum atomic E-state index is 5.11. The molecular weight excluding hydrogens is 286 g/mol. The van der Waals surface area contributed by atoms with Crippen molar-refractivity contribution in [2.24, 2.45) is 0 Å². The molecule has 0 aromatic carbocycles. The third-order valence-corrected chi connectivity index (χ3v) is 2.75. The van der Waals surface area contributed by atoms with Gasteiger partial charge in [0.2, 0.25) is 17.7 Å². The zero-order valence-corrected chi connectivity index (χ0v) is 12.2. The highest BCUT2D eigenvalue weighted by Crippen LogP contribution is 2.19.